The SMILES string of the molecule is C[C@@]1(O)C(=O)[C@@]2(C)C=C[C@@H]1[C@@H]1CCO[C@@H]12. The number of rotatable bonds is 0. The lowest BCUT2D eigenvalue weighted by atomic mass is 9.53. The minimum atomic E-state index is -1.20. The van der Waals surface area contributed by atoms with E-state index in [1.54, 1.807) is 6.92 Å². The highest BCUT2D eigenvalue weighted by Crippen LogP contribution is 2.55. The summed E-state index contributed by atoms with van der Waals surface area (Å²) in [5.41, 5.74) is -1.81. The summed E-state index contributed by atoms with van der Waals surface area (Å²) < 4.78 is 5.67. The van der Waals surface area contributed by atoms with E-state index >= 15 is 0 Å². The number of Topliss-reactive ketones (excluding diaryl/α,β-unsaturated/α-hetero) is 1. The van der Waals surface area contributed by atoms with Gasteiger partial charge < -0.3 is 9.84 Å². The molecule has 0 amide bonds. The molecule has 1 heterocycles. The Morgan fingerprint density at radius 3 is 3.00 bits per heavy atom. The van der Waals surface area contributed by atoms with Gasteiger partial charge in [-0.25, -0.2) is 0 Å². The molecule has 2 fully saturated rings. The first-order valence-electron chi connectivity index (χ1n) is 5.56. The highest BCUT2D eigenvalue weighted by molar-refractivity contribution is 5.96. The summed E-state index contributed by atoms with van der Waals surface area (Å²) in [5, 5.41) is 10.3. The molecule has 4 aliphatic rings. The number of ether oxygens (including phenoxy) is 1. The molecule has 15 heavy (non-hydrogen) atoms. The molecule has 2 bridgehead atoms. The normalized spacial score (nSPS) is 57.3. The Morgan fingerprint density at radius 1 is 1.53 bits per heavy atom. The zero-order valence-electron chi connectivity index (χ0n) is 9.06. The van der Waals surface area contributed by atoms with Crippen LogP contribution >= 0.6 is 0 Å². The molecule has 3 heteroatoms. The fourth-order valence-corrected chi connectivity index (χ4v) is 3.64. The zero-order valence-corrected chi connectivity index (χ0v) is 9.06. The Morgan fingerprint density at radius 2 is 2.27 bits per heavy atom. The molecule has 0 aromatic carbocycles. The highest BCUT2D eigenvalue weighted by atomic mass is 16.5. The molecule has 3 aliphatic carbocycles. The van der Waals surface area contributed by atoms with Crippen LogP contribution in [0.2, 0.25) is 0 Å². The Labute approximate surface area is 89.1 Å². The first-order chi connectivity index (χ1) is 6.98. The molecule has 4 rings (SSSR count). The average Bonchev–Trinajstić information content (AvgIpc) is 2.64. The van der Waals surface area contributed by atoms with Crippen molar-refractivity contribution < 1.29 is 14.6 Å². The molecule has 1 N–H and O–H groups in total. The van der Waals surface area contributed by atoms with Gasteiger partial charge in [0.15, 0.2) is 5.78 Å². The van der Waals surface area contributed by atoms with Crippen molar-refractivity contribution in [3.8, 4) is 0 Å². The van der Waals surface area contributed by atoms with Crippen molar-refractivity contribution in [2.24, 2.45) is 17.3 Å². The van der Waals surface area contributed by atoms with Gasteiger partial charge in [0.2, 0.25) is 0 Å². The van der Waals surface area contributed by atoms with Gasteiger partial charge in [-0.15, -0.1) is 0 Å². The molecular formula is C12H16O3. The van der Waals surface area contributed by atoms with Gasteiger partial charge in [-0.1, -0.05) is 12.2 Å². The number of hydrogen-bond acceptors (Lipinski definition) is 3. The van der Waals surface area contributed by atoms with E-state index < -0.39 is 11.0 Å². The second-order valence-electron chi connectivity index (χ2n) is 5.39. The van der Waals surface area contributed by atoms with Crippen LogP contribution in [-0.4, -0.2) is 29.2 Å². The molecule has 0 radical (unpaired) electrons. The molecular weight excluding hydrogens is 192 g/mol. The minimum absolute atomic E-state index is 0.0137. The quantitative estimate of drug-likeness (QED) is 0.602. The maximum atomic E-state index is 12.2. The van der Waals surface area contributed by atoms with Crippen molar-refractivity contribution in [2.75, 3.05) is 6.61 Å². The molecule has 1 saturated heterocycles. The minimum Gasteiger partial charge on any atom is -0.382 e. The number of carbonyl (C=O) groups is 1. The summed E-state index contributed by atoms with van der Waals surface area (Å²) in [5.74, 6) is 0.178. The van der Waals surface area contributed by atoms with Crippen molar-refractivity contribution in [1.29, 1.82) is 0 Å². The van der Waals surface area contributed by atoms with Crippen molar-refractivity contribution >= 4 is 5.78 Å². The molecule has 0 aromatic heterocycles. The van der Waals surface area contributed by atoms with Gasteiger partial charge in [0.05, 0.1) is 11.5 Å². The summed E-state index contributed by atoms with van der Waals surface area (Å²) in [6, 6.07) is 0. The lowest BCUT2D eigenvalue weighted by molar-refractivity contribution is -0.172. The Kier molecular flexibility index (Phi) is 1.61. The van der Waals surface area contributed by atoms with Crippen LogP contribution < -0.4 is 0 Å². The smallest absolute Gasteiger partial charge is 0.176 e. The van der Waals surface area contributed by atoms with Gasteiger partial charge in [0, 0.05) is 12.5 Å². The number of hydrogen-bond donors (Lipinski definition) is 1. The van der Waals surface area contributed by atoms with E-state index in [-0.39, 0.29) is 17.8 Å². The van der Waals surface area contributed by atoms with Crippen LogP contribution in [0.25, 0.3) is 0 Å². The van der Waals surface area contributed by atoms with Crippen LogP contribution in [-0.2, 0) is 9.53 Å². The van der Waals surface area contributed by atoms with Crippen LogP contribution in [0.15, 0.2) is 12.2 Å². The van der Waals surface area contributed by atoms with E-state index in [0.29, 0.717) is 12.5 Å². The second kappa shape index (κ2) is 2.53. The largest absolute Gasteiger partial charge is 0.382 e. The number of carbonyl (C=O) groups excluding carboxylic acids is 1. The molecule has 82 valence electrons. The summed E-state index contributed by atoms with van der Waals surface area (Å²) in [4.78, 5) is 12.2. The fourth-order valence-electron chi connectivity index (χ4n) is 3.64. The van der Waals surface area contributed by atoms with Crippen molar-refractivity contribution in [2.45, 2.75) is 32.0 Å². The first-order valence-corrected chi connectivity index (χ1v) is 5.56. The maximum Gasteiger partial charge on any atom is 0.176 e. The van der Waals surface area contributed by atoms with Crippen molar-refractivity contribution in [3.05, 3.63) is 12.2 Å². The number of ketones is 1. The molecule has 5 atom stereocenters. The fraction of sp³-hybridized carbons (Fsp3) is 0.750. The average molecular weight is 208 g/mol. The zero-order chi connectivity index (χ0) is 10.8. The van der Waals surface area contributed by atoms with Crippen LogP contribution in [0.4, 0.5) is 0 Å². The van der Waals surface area contributed by atoms with Gasteiger partial charge in [-0.05, 0) is 26.2 Å². The highest BCUT2D eigenvalue weighted by Gasteiger charge is 2.64. The molecule has 0 unspecified atom stereocenters. The van der Waals surface area contributed by atoms with Crippen LogP contribution in [0.3, 0.4) is 0 Å². The lowest BCUT2D eigenvalue weighted by Gasteiger charge is -2.53. The van der Waals surface area contributed by atoms with Crippen LogP contribution in [0, 0.1) is 17.3 Å². The van der Waals surface area contributed by atoms with Gasteiger partial charge >= 0.3 is 0 Å². The van der Waals surface area contributed by atoms with Gasteiger partial charge in [0.25, 0.3) is 0 Å². The molecule has 1 aliphatic heterocycles. The summed E-state index contributed by atoms with van der Waals surface area (Å²) in [7, 11) is 0. The summed E-state index contributed by atoms with van der Waals surface area (Å²) >= 11 is 0. The maximum absolute atomic E-state index is 12.2. The van der Waals surface area contributed by atoms with Gasteiger partial charge in [-0.3, -0.25) is 4.79 Å². The van der Waals surface area contributed by atoms with E-state index in [2.05, 4.69) is 0 Å². The predicted octanol–water partition coefficient (Wildman–Crippen LogP) is 0.917. The molecule has 3 nitrogen and oxygen atoms in total. The topological polar surface area (TPSA) is 46.5 Å². The molecule has 0 spiro atoms. The van der Waals surface area contributed by atoms with E-state index in [0.717, 1.165) is 6.42 Å². The van der Waals surface area contributed by atoms with E-state index in [9.17, 15) is 9.90 Å². The van der Waals surface area contributed by atoms with Crippen LogP contribution in [0.5, 0.6) is 0 Å². The van der Waals surface area contributed by atoms with E-state index in [1.165, 1.54) is 0 Å². The summed E-state index contributed by atoms with van der Waals surface area (Å²) in [6.07, 6.45) is 4.89. The van der Waals surface area contributed by atoms with E-state index in [4.69, 9.17) is 4.74 Å². The predicted molar refractivity (Wildman–Crippen MR) is 54.2 cm³/mol. The third-order valence-electron chi connectivity index (χ3n) is 4.44. The van der Waals surface area contributed by atoms with E-state index in [1.807, 2.05) is 19.1 Å². The monoisotopic (exact) mass is 208 g/mol. The number of fused-ring (bicyclic) bond motifs is 1. The lowest BCUT2D eigenvalue weighted by Crippen LogP contribution is -2.64. The standard InChI is InChI=1S/C12H16O3/c1-11-5-3-8(12(2,14)10(11)13)7-4-6-15-9(7)11/h3,5,7-9,14H,4,6H2,1-2H3/t7-,8+,9-,11-,12-/m0/s1. The summed E-state index contributed by atoms with van der Waals surface area (Å²) in [6.45, 7) is 4.25. The molecule has 0 aromatic rings. The van der Waals surface area contributed by atoms with Crippen molar-refractivity contribution in [3.63, 3.8) is 0 Å². The number of aliphatic hydroxyl groups is 1. The van der Waals surface area contributed by atoms with Crippen LogP contribution in [0.1, 0.15) is 20.3 Å². The Hall–Kier alpha value is -0.670. The van der Waals surface area contributed by atoms with Gasteiger partial charge in [-0.2, -0.15) is 0 Å². The third kappa shape index (κ3) is 0.911. The van der Waals surface area contributed by atoms with Crippen molar-refractivity contribution in [1.82, 2.24) is 0 Å². The van der Waals surface area contributed by atoms with Gasteiger partial charge in [0.1, 0.15) is 5.60 Å². The Balaban J connectivity index is 2.16. The third-order valence-corrected chi connectivity index (χ3v) is 4.44. The molecule has 1 saturated carbocycles. The Bertz CT molecular complexity index is 358. The second-order valence-corrected chi connectivity index (χ2v) is 5.39. The first kappa shape index (κ1) is 9.55.